The third-order valence-electron chi connectivity index (χ3n) is 3.99. The van der Waals surface area contributed by atoms with Crippen molar-refractivity contribution in [3.63, 3.8) is 0 Å². The average Bonchev–Trinajstić information content (AvgIpc) is 2.82. The van der Waals surface area contributed by atoms with Gasteiger partial charge in [0.15, 0.2) is 0 Å². The van der Waals surface area contributed by atoms with Crippen LogP contribution in [0.4, 0.5) is 0 Å². The molecule has 20 heavy (non-hydrogen) atoms. The van der Waals surface area contributed by atoms with Crippen LogP contribution in [-0.4, -0.2) is 30.1 Å². The number of nitrogens with zero attached hydrogens (tertiary/aromatic N) is 2. The van der Waals surface area contributed by atoms with Crippen molar-refractivity contribution >= 4 is 12.4 Å². The Hall–Kier alpha value is -0.370. The summed E-state index contributed by atoms with van der Waals surface area (Å²) in [7, 11) is 2.14. The standard InChI is InChI=1S/C17H34N2.ClH/c1-3-4-5-6-7-8-9-10-11-12-13-14-19-16-15-18(2)17-19;/h15-16H,3-14,17H2,1-2H3;1H. The normalized spacial score (nSPS) is 13.9. The SMILES string of the molecule is CCCCCCCCCCCCCN1C=CN(C)C1.Cl. The lowest BCUT2D eigenvalue weighted by Crippen LogP contribution is -2.23. The fraction of sp³-hybridized carbons (Fsp3) is 0.882. The molecule has 0 saturated heterocycles. The zero-order valence-electron chi connectivity index (χ0n) is 13.6. The first-order chi connectivity index (χ1) is 9.33. The van der Waals surface area contributed by atoms with Gasteiger partial charge in [-0.25, -0.2) is 0 Å². The zero-order chi connectivity index (χ0) is 13.8. The highest BCUT2D eigenvalue weighted by Gasteiger charge is 2.06. The Morgan fingerprint density at radius 1 is 0.750 bits per heavy atom. The smallest absolute Gasteiger partial charge is 0.0890 e. The van der Waals surface area contributed by atoms with Crippen LogP contribution in [-0.2, 0) is 0 Å². The van der Waals surface area contributed by atoms with E-state index in [0.717, 1.165) is 6.67 Å². The van der Waals surface area contributed by atoms with Crippen molar-refractivity contribution < 1.29 is 0 Å². The third kappa shape index (κ3) is 10.4. The summed E-state index contributed by atoms with van der Waals surface area (Å²) in [5, 5.41) is 0. The van der Waals surface area contributed by atoms with Crippen molar-refractivity contribution in [1.82, 2.24) is 9.80 Å². The van der Waals surface area contributed by atoms with Gasteiger partial charge in [-0.2, -0.15) is 0 Å². The number of rotatable bonds is 12. The van der Waals surface area contributed by atoms with Crippen LogP contribution in [0.1, 0.15) is 77.6 Å². The molecule has 0 radical (unpaired) electrons. The maximum absolute atomic E-state index is 2.41. The zero-order valence-corrected chi connectivity index (χ0v) is 14.5. The summed E-state index contributed by atoms with van der Waals surface area (Å²) in [6, 6.07) is 0. The summed E-state index contributed by atoms with van der Waals surface area (Å²) in [5.41, 5.74) is 0. The molecular formula is C17H35ClN2. The van der Waals surface area contributed by atoms with E-state index < -0.39 is 0 Å². The van der Waals surface area contributed by atoms with Crippen LogP contribution in [0.3, 0.4) is 0 Å². The van der Waals surface area contributed by atoms with E-state index in [-0.39, 0.29) is 12.4 Å². The number of unbranched alkanes of at least 4 members (excludes halogenated alkanes) is 10. The quantitative estimate of drug-likeness (QED) is 0.446. The largest absolute Gasteiger partial charge is 0.362 e. The van der Waals surface area contributed by atoms with Crippen molar-refractivity contribution in [3.05, 3.63) is 12.4 Å². The highest BCUT2D eigenvalue weighted by Crippen LogP contribution is 2.12. The van der Waals surface area contributed by atoms with Crippen LogP contribution in [0.5, 0.6) is 0 Å². The van der Waals surface area contributed by atoms with Gasteiger partial charge in [0.05, 0.1) is 6.67 Å². The van der Waals surface area contributed by atoms with Gasteiger partial charge in [-0.3, -0.25) is 0 Å². The van der Waals surface area contributed by atoms with E-state index in [4.69, 9.17) is 0 Å². The molecule has 0 amide bonds. The van der Waals surface area contributed by atoms with Gasteiger partial charge in [-0.05, 0) is 6.42 Å². The first kappa shape index (κ1) is 19.6. The third-order valence-corrected chi connectivity index (χ3v) is 3.99. The Kier molecular flexibility index (Phi) is 13.4. The fourth-order valence-corrected chi connectivity index (χ4v) is 2.71. The Bertz CT molecular complexity index is 231. The lowest BCUT2D eigenvalue weighted by atomic mass is 10.1. The van der Waals surface area contributed by atoms with E-state index in [2.05, 4.69) is 36.2 Å². The molecule has 0 aromatic heterocycles. The summed E-state index contributed by atoms with van der Waals surface area (Å²) in [6.07, 6.45) is 20.1. The summed E-state index contributed by atoms with van der Waals surface area (Å²) >= 11 is 0. The van der Waals surface area contributed by atoms with Gasteiger partial charge in [0.25, 0.3) is 0 Å². The Labute approximate surface area is 133 Å². The maximum atomic E-state index is 2.41. The second-order valence-electron chi connectivity index (χ2n) is 6.04. The first-order valence-corrected chi connectivity index (χ1v) is 8.45. The van der Waals surface area contributed by atoms with Gasteiger partial charge < -0.3 is 9.80 Å². The molecule has 0 saturated carbocycles. The molecule has 0 fully saturated rings. The molecule has 1 rings (SSSR count). The molecule has 0 spiro atoms. The molecule has 3 heteroatoms. The van der Waals surface area contributed by atoms with Gasteiger partial charge in [-0.15, -0.1) is 12.4 Å². The highest BCUT2D eigenvalue weighted by atomic mass is 35.5. The summed E-state index contributed by atoms with van der Waals surface area (Å²) < 4.78 is 0. The van der Waals surface area contributed by atoms with Crippen molar-refractivity contribution in [2.45, 2.75) is 77.6 Å². The summed E-state index contributed by atoms with van der Waals surface area (Å²) in [5.74, 6) is 0. The predicted molar refractivity (Wildman–Crippen MR) is 92.2 cm³/mol. The van der Waals surface area contributed by atoms with Crippen molar-refractivity contribution in [2.24, 2.45) is 0 Å². The van der Waals surface area contributed by atoms with Crippen LogP contribution in [0.25, 0.3) is 0 Å². The van der Waals surface area contributed by atoms with Gasteiger partial charge in [-0.1, -0.05) is 71.1 Å². The van der Waals surface area contributed by atoms with Crippen molar-refractivity contribution in [2.75, 3.05) is 20.3 Å². The number of hydrogen-bond acceptors (Lipinski definition) is 2. The van der Waals surface area contributed by atoms with E-state index in [1.54, 1.807) is 0 Å². The van der Waals surface area contributed by atoms with Crippen LogP contribution in [0.15, 0.2) is 12.4 Å². The van der Waals surface area contributed by atoms with E-state index >= 15 is 0 Å². The molecule has 0 aromatic carbocycles. The lowest BCUT2D eigenvalue weighted by molar-refractivity contribution is 0.290. The molecule has 2 nitrogen and oxygen atoms in total. The molecule has 1 aliphatic rings. The fourth-order valence-electron chi connectivity index (χ4n) is 2.71. The minimum atomic E-state index is 0. The number of hydrogen-bond donors (Lipinski definition) is 0. The monoisotopic (exact) mass is 302 g/mol. The molecule has 0 unspecified atom stereocenters. The molecule has 0 atom stereocenters. The first-order valence-electron chi connectivity index (χ1n) is 8.45. The Balaban J connectivity index is 0.00000361. The second-order valence-corrected chi connectivity index (χ2v) is 6.04. The van der Waals surface area contributed by atoms with Crippen LogP contribution < -0.4 is 0 Å². The Morgan fingerprint density at radius 2 is 1.25 bits per heavy atom. The molecule has 0 aromatic rings. The van der Waals surface area contributed by atoms with Crippen LogP contribution in [0.2, 0.25) is 0 Å². The topological polar surface area (TPSA) is 6.48 Å². The second kappa shape index (κ2) is 13.6. The molecule has 1 heterocycles. The van der Waals surface area contributed by atoms with Gasteiger partial charge in [0.1, 0.15) is 0 Å². The van der Waals surface area contributed by atoms with Crippen LogP contribution in [0, 0.1) is 0 Å². The molecule has 0 N–H and O–H groups in total. The molecule has 120 valence electrons. The predicted octanol–water partition coefficient (Wildman–Crippen LogP) is 5.40. The van der Waals surface area contributed by atoms with E-state index in [1.165, 1.54) is 77.2 Å². The molecule has 0 aliphatic carbocycles. The Morgan fingerprint density at radius 3 is 1.70 bits per heavy atom. The maximum Gasteiger partial charge on any atom is 0.0890 e. The van der Waals surface area contributed by atoms with Gasteiger partial charge >= 0.3 is 0 Å². The highest BCUT2D eigenvalue weighted by molar-refractivity contribution is 5.85. The van der Waals surface area contributed by atoms with Crippen LogP contribution >= 0.6 is 12.4 Å². The average molecular weight is 303 g/mol. The van der Waals surface area contributed by atoms with Crippen molar-refractivity contribution in [1.29, 1.82) is 0 Å². The minimum Gasteiger partial charge on any atom is -0.362 e. The van der Waals surface area contributed by atoms with E-state index in [9.17, 15) is 0 Å². The minimum absolute atomic E-state index is 0. The molecule has 1 aliphatic heterocycles. The van der Waals surface area contributed by atoms with E-state index in [1.807, 2.05) is 0 Å². The van der Waals surface area contributed by atoms with E-state index in [0.29, 0.717) is 0 Å². The summed E-state index contributed by atoms with van der Waals surface area (Å²) in [4.78, 5) is 4.65. The van der Waals surface area contributed by atoms with Gasteiger partial charge in [0, 0.05) is 26.0 Å². The number of halogens is 1. The van der Waals surface area contributed by atoms with Crippen molar-refractivity contribution in [3.8, 4) is 0 Å². The summed E-state index contributed by atoms with van der Waals surface area (Å²) in [6.45, 7) is 4.60. The molecular weight excluding hydrogens is 268 g/mol. The lowest BCUT2D eigenvalue weighted by Gasteiger charge is -2.17. The molecule has 0 bridgehead atoms. The van der Waals surface area contributed by atoms with Gasteiger partial charge in [0.2, 0.25) is 0 Å².